The average Bonchev–Trinajstić information content (AvgIpc) is 3.04. The fraction of sp³-hybridized carbons (Fsp3) is 0.571. The van der Waals surface area contributed by atoms with E-state index in [0.717, 1.165) is 25.9 Å². The molecule has 2 saturated heterocycles. The maximum atomic E-state index is 14.2. The summed E-state index contributed by atoms with van der Waals surface area (Å²) in [4.78, 5) is 44.9. The van der Waals surface area contributed by atoms with Crippen LogP contribution in [0, 0.1) is 23.5 Å². The minimum absolute atomic E-state index is 0. The number of amides is 2. The molecule has 2 fully saturated rings. The Kier molecular flexibility index (Phi) is 17.4. The predicted molar refractivity (Wildman–Crippen MR) is 177 cm³/mol. The van der Waals surface area contributed by atoms with Gasteiger partial charge in [-0.25, -0.2) is 18.6 Å². The van der Waals surface area contributed by atoms with Crippen LogP contribution in [0.5, 0.6) is 11.5 Å². The minimum atomic E-state index is -0.625. The van der Waals surface area contributed by atoms with E-state index < -0.39 is 11.4 Å². The van der Waals surface area contributed by atoms with E-state index in [4.69, 9.17) is 14.3 Å². The van der Waals surface area contributed by atoms with Gasteiger partial charge in [-0.05, 0) is 90.9 Å². The summed E-state index contributed by atoms with van der Waals surface area (Å²) >= 11 is 0. The van der Waals surface area contributed by atoms with E-state index in [1.54, 1.807) is 36.2 Å². The number of hydroxylamine groups is 2. The highest BCUT2D eigenvalue weighted by Crippen LogP contribution is 2.27. The van der Waals surface area contributed by atoms with E-state index in [1.807, 2.05) is 20.8 Å². The number of benzene rings is 2. The summed E-state index contributed by atoms with van der Waals surface area (Å²) in [5, 5.41) is 1.33. The van der Waals surface area contributed by atoms with Gasteiger partial charge in [0.05, 0.1) is 26.9 Å². The van der Waals surface area contributed by atoms with Gasteiger partial charge in [0.25, 0.3) is 0 Å². The van der Waals surface area contributed by atoms with Crippen molar-refractivity contribution in [2.45, 2.75) is 59.5 Å². The van der Waals surface area contributed by atoms with E-state index in [1.165, 1.54) is 44.6 Å². The van der Waals surface area contributed by atoms with E-state index >= 15 is 0 Å². The molecule has 0 spiro atoms. The summed E-state index contributed by atoms with van der Waals surface area (Å²) in [5.74, 6) is -0.874. The highest BCUT2D eigenvalue weighted by Gasteiger charge is 2.32. The first-order valence-electron chi connectivity index (χ1n) is 15.4. The number of carbonyl (C=O) groups excluding carboxylic acids is 3. The summed E-state index contributed by atoms with van der Waals surface area (Å²) in [6.45, 7) is 8.31. The zero-order valence-corrected chi connectivity index (χ0v) is 28.3. The lowest BCUT2D eigenvalue weighted by Crippen LogP contribution is -2.43. The van der Waals surface area contributed by atoms with Crippen molar-refractivity contribution in [3.05, 3.63) is 59.7 Å². The van der Waals surface area contributed by atoms with Gasteiger partial charge in [0, 0.05) is 32.0 Å². The minimum Gasteiger partial charge on any atom is -0.494 e. The molecule has 47 heavy (non-hydrogen) atoms. The lowest BCUT2D eigenvalue weighted by atomic mass is 9.88. The molecule has 0 aromatic heterocycles. The SMILES string of the molecule is C.CON(C)C(=O)C1CCN(C)CC1.COc1cccc(C(=O)C2CCN(C(=O)OC(C)(C)C)CC2)c1F.COc1ccccc1F. The molecule has 0 radical (unpaired) electrons. The molecule has 10 nitrogen and oxygen atoms in total. The molecular weight excluding hydrogens is 612 g/mol. The maximum Gasteiger partial charge on any atom is 0.410 e. The number of halogens is 2. The largest absolute Gasteiger partial charge is 0.494 e. The monoisotopic (exact) mass is 665 g/mol. The summed E-state index contributed by atoms with van der Waals surface area (Å²) in [6, 6.07) is 10.8. The third-order valence-corrected chi connectivity index (χ3v) is 7.67. The van der Waals surface area contributed by atoms with Crippen LogP contribution < -0.4 is 9.47 Å². The van der Waals surface area contributed by atoms with Gasteiger partial charge in [0.2, 0.25) is 5.91 Å². The molecule has 0 saturated carbocycles. The number of piperidine rings is 2. The normalized spacial score (nSPS) is 15.5. The van der Waals surface area contributed by atoms with Crippen LogP contribution in [0.3, 0.4) is 0 Å². The van der Waals surface area contributed by atoms with Crippen molar-refractivity contribution < 1.29 is 42.2 Å². The number of carbonyl (C=O) groups is 3. The number of Topliss-reactive ketones (excluding diaryl/α,β-unsaturated/α-hetero) is 1. The number of rotatable bonds is 6. The van der Waals surface area contributed by atoms with Gasteiger partial charge in [0.1, 0.15) is 5.60 Å². The Morgan fingerprint density at radius 3 is 1.83 bits per heavy atom. The van der Waals surface area contributed by atoms with Crippen molar-refractivity contribution in [2.75, 3.05) is 61.6 Å². The average molecular weight is 666 g/mol. The number of nitrogens with zero attached hydrogens (tertiary/aromatic N) is 3. The van der Waals surface area contributed by atoms with Crippen molar-refractivity contribution in [3.63, 3.8) is 0 Å². The van der Waals surface area contributed by atoms with Crippen molar-refractivity contribution in [2.24, 2.45) is 11.8 Å². The van der Waals surface area contributed by atoms with E-state index in [0.29, 0.717) is 25.9 Å². The summed E-state index contributed by atoms with van der Waals surface area (Å²) in [6.07, 6.45) is 2.51. The standard InChI is InChI=1S/C18H24FNO4.C9H18N2O2.C7H7FO.CH4/c1-18(2,3)24-17(22)20-10-8-12(9-11-20)16(21)13-6-5-7-14(23-4)15(13)19;1-10-6-4-8(5-7-10)9(12)11(2)13-3;1-9-7-5-3-2-4-6(7)8;/h5-7,12H,8-11H2,1-4H3;8H,4-7H2,1-3H3;2-5H,1H3;1H4. The lowest BCUT2D eigenvalue weighted by molar-refractivity contribution is -0.174. The molecule has 0 unspecified atom stereocenters. The smallest absolute Gasteiger partial charge is 0.410 e. The van der Waals surface area contributed by atoms with Gasteiger partial charge in [-0.15, -0.1) is 0 Å². The van der Waals surface area contributed by atoms with Crippen LogP contribution in [0.4, 0.5) is 13.6 Å². The molecule has 2 amide bonds. The third kappa shape index (κ3) is 13.1. The number of likely N-dealkylation sites (tertiary alicyclic amines) is 2. The molecule has 0 aliphatic carbocycles. The Balaban J connectivity index is 0.000000401. The van der Waals surface area contributed by atoms with Crippen molar-refractivity contribution in [1.29, 1.82) is 0 Å². The zero-order chi connectivity index (χ0) is 34.4. The summed E-state index contributed by atoms with van der Waals surface area (Å²) in [7, 11) is 8.08. The fourth-order valence-electron chi connectivity index (χ4n) is 4.94. The Morgan fingerprint density at radius 1 is 0.809 bits per heavy atom. The van der Waals surface area contributed by atoms with Crippen molar-refractivity contribution in [1.82, 2.24) is 14.9 Å². The molecule has 264 valence electrons. The number of ketones is 1. The van der Waals surface area contributed by atoms with Crippen LogP contribution in [0.2, 0.25) is 0 Å². The van der Waals surface area contributed by atoms with Crippen LogP contribution >= 0.6 is 0 Å². The van der Waals surface area contributed by atoms with E-state index in [9.17, 15) is 23.2 Å². The molecule has 0 N–H and O–H groups in total. The molecule has 2 aromatic carbocycles. The molecule has 0 atom stereocenters. The van der Waals surface area contributed by atoms with Crippen LogP contribution in [0.1, 0.15) is 64.2 Å². The molecule has 2 aliphatic rings. The highest BCUT2D eigenvalue weighted by molar-refractivity contribution is 5.98. The zero-order valence-electron chi connectivity index (χ0n) is 28.3. The van der Waals surface area contributed by atoms with Crippen LogP contribution in [-0.4, -0.2) is 99.9 Å². The second kappa shape index (κ2) is 19.8. The first-order valence-corrected chi connectivity index (χ1v) is 15.4. The second-order valence-corrected chi connectivity index (χ2v) is 12.2. The first kappa shape index (κ1) is 41.3. The molecular formula is C35H53F2N3O7. The van der Waals surface area contributed by atoms with E-state index in [2.05, 4.69) is 16.7 Å². The molecule has 12 heteroatoms. The predicted octanol–water partition coefficient (Wildman–Crippen LogP) is 6.48. The van der Waals surface area contributed by atoms with Gasteiger partial charge >= 0.3 is 6.09 Å². The number of ether oxygens (including phenoxy) is 3. The van der Waals surface area contributed by atoms with Gasteiger partial charge in [-0.3, -0.25) is 14.4 Å². The van der Waals surface area contributed by atoms with Gasteiger partial charge in [-0.1, -0.05) is 25.6 Å². The van der Waals surface area contributed by atoms with Gasteiger partial charge in [-0.2, -0.15) is 0 Å². The summed E-state index contributed by atoms with van der Waals surface area (Å²) in [5.41, 5.74) is -0.502. The molecule has 4 rings (SSSR count). The summed E-state index contributed by atoms with van der Waals surface area (Å²) < 4.78 is 41.6. The van der Waals surface area contributed by atoms with Crippen LogP contribution in [0.15, 0.2) is 42.5 Å². The topological polar surface area (TPSA) is 97.9 Å². The van der Waals surface area contributed by atoms with Crippen molar-refractivity contribution in [3.8, 4) is 11.5 Å². The fourth-order valence-corrected chi connectivity index (χ4v) is 4.94. The third-order valence-electron chi connectivity index (χ3n) is 7.67. The van der Waals surface area contributed by atoms with Crippen LogP contribution in [-0.2, 0) is 14.4 Å². The Hall–Kier alpha value is -3.77. The second-order valence-electron chi connectivity index (χ2n) is 12.2. The van der Waals surface area contributed by atoms with Crippen molar-refractivity contribution >= 4 is 17.8 Å². The molecule has 2 aliphatic heterocycles. The Morgan fingerprint density at radius 2 is 1.34 bits per heavy atom. The Labute approximate surface area is 278 Å². The lowest BCUT2D eigenvalue weighted by Gasteiger charge is -2.33. The van der Waals surface area contributed by atoms with Gasteiger partial charge < -0.3 is 24.0 Å². The highest BCUT2D eigenvalue weighted by atomic mass is 19.1. The van der Waals surface area contributed by atoms with E-state index in [-0.39, 0.29) is 59.9 Å². The molecule has 2 heterocycles. The van der Waals surface area contributed by atoms with Gasteiger partial charge in [0.15, 0.2) is 28.9 Å². The first-order chi connectivity index (χ1) is 21.7. The number of hydrogen-bond acceptors (Lipinski definition) is 8. The molecule has 0 bridgehead atoms. The quantitative estimate of drug-likeness (QED) is 0.256. The number of hydrogen-bond donors (Lipinski definition) is 0. The maximum absolute atomic E-state index is 14.2. The number of methoxy groups -OCH3 is 2. The molecule has 2 aromatic rings. The van der Waals surface area contributed by atoms with Crippen LogP contribution in [0.25, 0.3) is 0 Å². The Bertz CT molecular complexity index is 1270. The number of para-hydroxylation sites is 1.